The van der Waals surface area contributed by atoms with E-state index in [0.717, 1.165) is 5.56 Å². The lowest BCUT2D eigenvalue weighted by molar-refractivity contribution is 0.421. The van der Waals surface area contributed by atoms with Crippen LogP contribution in [0.3, 0.4) is 0 Å². The molecule has 0 spiro atoms. The Morgan fingerprint density at radius 2 is 2.33 bits per heavy atom. The van der Waals surface area contributed by atoms with Gasteiger partial charge >= 0.3 is 0 Å². The Bertz CT molecular complexity index is 193. The maximum Gasteiger partial charge on any atom is 0.170 e. The van der Waals surface area contributed by atoms with Crippen molar-refractivity contribution in [2.45, 2.75) is 19.8 Å². The van der Waals surface area contributed by atoms with Crippen LogP contribution in [0.15, 0.2) is 10.8 Å². The van der Waals surface area contributed by atoms with E-state index in [2.05, 4.69) is 9.68 Å². The second-order valence-electron chi connectivity index (χ2n) is 2.31. The normalized spacial score (nSPS) is 10.6. The number of hydrogen-bond acceptors (Lipinski definition) is 3. The average Bonchev–Trinajstić information content (AvgIpc) is 2.13. The first-order chi connectivity index (χ1) is 4.22. The topological polar surface area (TPSA) is 52.0 Å². The summed E-state index contributed by atoms with van der Waals surface area (Å²) in [6, 6.07) is 0. The van der Waals surface area contributed by atoms with Crippen molar-refractivity contribution in [1.29, 1.82) is 0 Å². The summed E-state index contributed by atoms with van der Waals surface area (Å²) in [4.78, 5) is 0. The predicted molar refractivity (Wildman–Crippen MR) is 35.0 cm³/mol. The van der Waals surface area contributed by atoms with Gasteiger partial charge < -0.3 is 10.3 Å². The molecule has 0 aromatic carbocycles. The highest BCUT2D eigenvalue weighted by Crippen LogP contribution is 2.18. The molecule has 1 rings (SSSR count). The molecule has 50 valence electrons. The van der Waals surface area contributed by atoms with Crippen LogP contribution in [0.4, 0.5) is 5.82 Å². The molecule has 0 fully saturated rings. The van der Waals surface area contributed by atoms with Crippen molar-refractivity contribution in [1.82, 2.24) is 5.16 Å². The molecule has 0 atom stereocenters. The molecule has 1 aromatic heterocycles. The van der Waals surface area contributed by atoms with Gasteiger partial charge in [-0.3, -0.25) is 0 Å². The summed E-state index contributed by atoms with van der Waals surface area (Å²) in [5.41, 5.74) is 6.42. The minimum Gasteiger partial charge on any atom is -0.381 e. The molecule has 0 bridgehead atoms. The van der Waals surface area contributed by atoms with Gasteiger partial charge in [0, 0.05) is 5.56 Å². The third kappa shape index (κ3) is 1.04. The lowest BCUT2D eigenvalue weighted by Gasteiger charge is -1.97. The number of nitrogens with zero attached hydrogens (tertiary/aromatic N) is 1. The first-order valence-corrected chi connectivity index (χ1v) is 2.91. The van der Waals surface area contributed by atoms with E-state index in [1.807, 2.05) is 13.8 Å². The summed E-state index contributed by atoms with van der Waals surface area (Å²) in [6.07, 6.45) is 1.58. The van der Waals surface area contributed by atoms with Gasteiger partial charge in [0.25, 0.3) is 0 Å². The van der Waals surface area contributed by atoms with Gasteiger partial charge in [-0.2, -0.15) is 0 Å². The predicted octanol–water partition coefficient (Wildman–Crippen LogP) is 1.38. The number of aromatic nitrogens is 1. The van der Waals surface area contributed by atoms with E-state index in [1.165, 1.54) is 0 Å². The largest absolute Gasteiger partial charge is 0.381 e. The maximum absolute atomic E-state index is 5.44. The number of anilines is 1. The van der Waals surface area contributed by atoms with E-state index < -0.39 is 0 Å². The van der Waals surface area contributed by atoms with E-state index in [0.29, 0.717) is 11.7 Å². The molecule has 1 heterocycles. The molecule has 1 aromatic rings. The third-order valence-electron chi connectivity index (χ3n) is 1.25. The van der Waals surface area contributed by atoms with Crippen LogP contribution in [-0.4, -0.2) is 5.16 Å². The van der Waals surface area contributed by atoms with E-state index in [-0.39, 0.29) is 0 Å². The van der Waals surface area contributed by atoms with Crippen LogP contribution in [0.1, 0.15) is 25.3 Å². The van der Waals surface area contributed by atoms with Gasteiger partial charge in [0.1, 0.15) is 6.26 Å². The Hall–Kier alpha value is -0.990. The number of nitrogens with two attached hydrogens (primary N) is 1. The van der Waals surface area contributed by atoms with E-state index in [9.17, 15) is 0 Å². The van der Waals surface area contributed by atoms with Crippen molar-refractivity contribution < 1.29 is 4.52 Å². The summed E-state index contributed by atoms with van der Waals surface area (Å²) in [7, 11) is 0. The zero-order valence-electron chi connectivity index (χ0n) is 5.59. The molecule has 0 aliphatic heterocycles. The zero-order valence-corrected chi connectivity index (χ0v) is 5.59. The van der Waals surface area contributed by atoms with E-state index >= 15 is 0 Å². The molecule has 0 aliphatic carbocycles. The van der Waals surface area contributed by atoms with Gasteiger partial charge in [0.2, 0.25) is 0 Å². The van der Waals surface area contributed by atoms with Crippen molar-refractivity contribution in [2.24, 2.45) is 0 Å². The van der Waals surface area contributed by atoms with Gasteiger partial charge in [-0.15, -0.1) is 0 Å². The minimum atomic E-state index is 0.399. The van der Waals surface area contributed by atoms with E-state index in [4.69, 9.17) is 5.73 Å². The van der Waals surface area contributed by atoms with Crippen molar-refractivity contribution in [2.75, 3.05) is 5.73 Å². The Morgan fingerprint density at radius 1 is 1.67 bits per heavy atom. The summed E-state index contributed by atoms with van der Waals surface area (Å²) in [6.45, 7) is 4.09. The second kappa shape index (κ2) is 2.09. The third-order valence-corrected chi connectivity index (χ3v) is 1.25. The Labute approximate surface area is 53.8 Å². The summed E-state index contributed by atoms with van der Waals surface area (Å²) >= 11 is 0. The number of nitrogen functional groups attached to an aromatic ring is 1. The smallest absolute Gasteiger partial charge is 0.170 e. The van der Waals surface area contributed by atoms with Crippen molar-refractivity contribution in [3.8, 4) is 0 Å². The van der Waals surface area contributed by atoms with Crippen molar-refractivity contribution in [3.63, 3.8) is 0 Å². The highest BCUT2D eigenvalue weighted by molar-refractivity contribution is 5.37. The summed E-state index contributed by atoms with van der Waals surface area (Å²) < 4.78 is 4.63. The molecule has 9 heavy (non-hydrogen) atoms. The van der Waals surface area contributed by atoms with Gasteiger partial charge in [-0.1, -0.05) is 19.0 Å². The standard InChI is InChI=1S/C6H10N2O/c1-4(2)5-3-9-8-6(5)7/h3-4H,1-2H3,(H2,7,8). The monoisotopic (exact) mass is 126 g/mol. The minimum absolute atomic E-state index is 0.399. The summed E-state index contributed by atoms with van der Waals surface area (Å²) in [5.74, 6) is 0.904. The molecule has 0 amide bonds. The van der Waals surface area contributed by atoms with Gasteiger partial charge in [0.05, 0.1) is 0 Å². The summed E-state index contributed by atoms with van der Waals surface area (Å²) in [5, 5.41) is 3.54. The van der Waals surface area contributed by atoms with Crippen LogP contribution < -0.4 is 5.73 Å². The second-order valence-corrected chi connectivity index (χ2v) is 2.31. The Balaban J connectivity index is 2.94. The molecule has 0 saturated heterocycles. The first-order valence-electron chi connectivity index (χ1n) is 2.91. The molecule has 0 aliphatic rings. The first kappa shape index (κ1) is 6.13. The van der Waals surface area contributed by atoms with Crippen LogP contribution in [0.5, 0.6) is 0 Å². The molecule has 0 unspecified atom stereocenters. The van der Waals surface area contributed by atoms with Crippen LogP contribution in [0.2, 0.25) is 0 Å². The Morgan fingerprint density at radius 3 is 2.56 bits per heavy atom. The fourth-order valence-electron chi connectivity index (χ4n) is 0.685. The fraction of sp³-hybridized carbons (Fsp3) is 0.500. The van der Waals surface area contributed by atoms with Crippen LogP contribution in [-0.2, 0) is 0 Å². The number of hydrogen-bond donors (Lipinski definition) is 1. The van der Waals surface area contributed by atoms with Crippen LogP contribution >= 0.6 is 0 Å². The van der Waals surface area contributed by atoms with Gasteiger partial charge in [0.15, 0.2) is 5.82 Å². The molecule has 3 heteroatoms. The van der Waals surface area contributed by atoms with Crippen molar-refractivity contribution >= 4 is 5.82 Å². The molecule has 0 radical (unpaired) electrons. The van der Waals surface area contributed by atoms with Crippen LogP contribution in [0.25, 0.3) is 0 Å². The maximum atomic E-state index is 5.44. The van der Waals surface area contributed by atoms with E-state index in [1.54, 1.807) is 6.26 Å². The highest BCUT2D eigenvalue weighted by Gasteiger charge is 2.06. The van der Waals surface area contributed by atoms with Crippen molar-refractivity contribution in [3.05, 3.63) is 11.8 Å². The lowest BCUT2D eigenvalue weighted by Crippen LogP contribution is -1.92. The molecular formula is C6H10N2O. The molecular weight excluding hydrogens is 116 g/mol. The number of rotatable bonds is 1. The Kier molecular flexibility index (Phi) is 1.42. The SMILES string of the molecule is CC(C)c1conc1N. The molecule has 2 N–H and O–H groups in total. The van der Waals surface area contributed by atoms with Gasteiger partial charge in [-0.25, -0.2) is 0 Å². The average molecular weight is 126 g/mol. The highest BCUT2D eigenvalue weighted by atomic mass is 16.5. The van der Waals surface area contributed by atoms with Crippen LogP contribution in [0, 0.1) is 0 Å². The zero-order chi connectivity index (χ0) is 6.85. The fourth-order valence-corrected chi connectivity index (χ4v) is 0.685. The van der Waals surface area contributed by atoms with Gasteiger partial charge in [-0.05, 0) is 5.92 Å². The molecule has 3 nitrogen and oxygen atoms in total. The lowest BCUT2D eigenvalue weighted by atomic mass is 10.1. The molecule has 0 saturated carbocycles. The quantitative estimate of drug-likeness (QED) is 0.618.